The van der Waals surface area contributed by atoms with Gasteiger partial charge in [-0.05, 0) is 24.1 Å². The van der Waals surface area contributed by atoms with Crippen LogP contribution in [0.5, 0.6) is 0 Å². The Labute approximate surface area is 100 Å². The molecule has 0 saturated carbocycles. The zero-order valence-corrected chi connectivity index (χ0v) is 10.8. The van der Waals surface area contributed by atoms with E-state index in [0.717, 1.165) is 16.3 Å². The lowest BCUT2D eigenvalue weighted by molar-refractivity contribution is 0.645. The predicted octanol–water partition coefficient (Wildman–Crippen LogP) is 3.50. The highest BCUT2D eigenvalue weighted by Crippen LogP contribution is 2.28. The first-order chi connectivity index (χ1) is 7.13. The molecule has 0 saturated heterocycles. The number of hydrogen-bond acceptors (Lipinski definition) is 2. The van der Waals surface area contributed by atoms with E-state index >= 15 is 0 Å². The molecule has 0 aliphatic carbocycles. The topological polar surface area (TPSA) is 15.6 Å². The fourth-order valence-electron chi connectivity index (χ4n) is 1.01. The third-order valence-electron chi connectivity index (χ3n) is 1.83. The third-order valence-corrected chi connectivity index (χ3v) is 3.01. The van der Waals surface area contributed by atoms with Crippen molar-refractivity contribution < 1.29 is 0 Å². The summed E-state index contributed by atoms with van der Waals surface area (Å²) in [5.41, 5.74) is 1.28. The Morgan fingerprint density at radius 2 is 2.20 bits per heavy atom. The third kappa shape index (κ3) is 4.14. The van der Waals surface area contributed by atoms with Crippen LogP contribution in [-0.4, -0.2) is 25.3 Å². The van der Waals surface area contributed by atoms with Gasteiger partial charge in [0.05, 0.1) is 11.4 Å². The van der Waals surface area contributed by atoms with Gasteiger partial charge >= 0.3 is 0 Å². The Morgan fingerprint density at radius 1 is 1.47 bits per heavy atom. The molecule has 0 N–H and O–H groups in total. The number of rotatable bonds is 4. The minimum Gasteiger partial charge on any atom is -0.368 e. The minimum absolute atomic E-state index is 0.758. The Bertz CT molecular complexity index is 350. The second kappa shape index (κ2) is 6.03. The van der Waals surface area contributed by atoms with Crippen LogP contribution < -0.4 is 0 Å². The van der Waals surface area contributed by atoms with Gasteiger partial charge in [0.1, 0.15) is 0 Å². The van der Waals surface area contributed by atoms with E-state index in [2.05, 4.69) is 17.4 Å². The number of aryl methyl sites for hydroxylation is 1. The van der Waals surface area contributed by atoms with Crippen LogP contribution in [0.4, 0.5) is 0 Å². The van der Waals surface area contributed by atoms with Crippen molar-refractivity contribution in [1.29, 1.82) is 0 Å². The molecular formula is C11H15ClN2S. The number of benzene rings is 1. The molecule has 1 aromatic carbocycles. The minimum atomic E-state index is 0.758. The molecule has 0 heterocycles. The lowest BCUT2D eigenvalue weighted by atomic mass is 10.2. The van der Waals surface area contributed by atoms with Crippen LogP contribution in [0.1, 0.15) is 12.5 Å². The first-order valence-electron chi connectivity index (χ1n) is 4.79. The van der Waals surface area contributed by atoms with Crippen molar-refractivity contribution in [2.75, 3.05) is 14.1 Å². The average Bonchev–Trinajstić information content (AvgIpc) is 2.20. The highest BCUT2D eigenvalue weighted by Gasteiger charge is 2.01. The van der Waals surface area contributed by atoms with Crippen molar-refractivity contribution >= 4 is 29.9 Å². The summed E-state index contributed by atoms with van der Waals surface area (Å²) in [6, 6.07) is 6.05. The Kier molecular flexibility index (Phi) is 4.99. The molecule has 0 spiro atoms. The summed E-state index contributed by atoms with van der Waals surface area (Å²) in [4.78, 5) is 2.90. The van der Waals surface area contributed by atoms with Crippen molar-refractivity contribution in [3.63, 3.8) is 0 Å². The van der Waals surface area contributed by atoms with E-state index in [9.17, 15) is 0 Å². The first kappa shape index (κ1) is 12.4. The number of halogens is 1. The second-order valence-corrected chi connectivity index (χ2v) is 4.63. The van der Waals surface area contributed by atoms with Crippen molar-refractivity contribution in [1.82, 2.24) is 4.90 Å². The Morgan fingerprint density at radius 3 is 2.80 bits per heavy atom. The van der Waals surface area contributed by atoms with Crippen LogP contribution >= 0.6 is 23.5 Å². The van der Waals surface area contributed by atoms with Crippen LogP contribution in [-0.2, 0) is 6.42 Å². The SMILES string of the molecule is CCc1ccc(Cl)c(S/N=C/N(C)C)c1. The van der Waals surface area contributed by atoms with E-state index in [4.69, 9.17) is 11.6 Å². The van der Waals surface area contributed by atoms with Gasteiger partial charge in [0, 0.05) is 30.9 Å². The maximum Gasteiger partial charge on any atom is 0.0988 e. The summed E-state index contributed by atoms with van der Waals surface area (Å²) in [6.07, 6.45) is 2.78. The van der Waals surface area contributed by atoms with Gasteiger partial charge in [-0.2, -0.15) is 0 Å². The van der Waals surface area contributed by atoms with Crippen molar-refractivity contribution in [2.24, 2.45) is 4.40 Å². The lowest BCUT2D eigenvalue weighted by Crippen LogP contribution is -2.06. The molecule has 4 heteroatoms. The molecule has 0 aromatic heterocycles. The first-order valence-corrected chi connectivity index (χ1v) is 5.94. The molecule has 1 rings (SSSR count). The van der Waals surface area contributed by atoms with Gasteiger partial charge in [-0.1, -0.05) is 24.6 Å². The van der Waals surface area contributed by atoms with Gasteiger partial charge in [-0.3, -0.25) is 0 Å². The van der Waals surface area contributed by atoms with Gasteiger partial charge in [-0.15, -0.1) is 0 Å². The van der Waals surface area contributed by atoms with Gasteiger partial charge in [0.2, 0.25) is 0 Å². The van der Waals surface area contributed by atoms with E-state index in [1.807, 2.05) is 31.1 Å². The van der Waals surface area contributed by atoms with Crippen LogP contribution in [0, 0.1) is 0 Å². The predicted molar refractivity (Wildman–Crippen MR) is 68.9 cm³/mol. The summed E-state index contributed by atoms with van der Waals surface area (Å²) in [5, 5.41) is 0.758. The summed E-state index contributed by atoms with van der Waals surface area (Å²) >= 11 is 7.46. The largest absolute Gasteiger partial charge is 0.368 e. The molecule has 0 radical (unpaired) electrons. The average molecular weight is 243 g/mol. The van der Waals surface area contributed by atoms with Crippen LogP contribution in [0.2, 0.25) is 5.02 Å². The molecule has 0 aliphatic rings. The quantitative estimate of drug-likeness (QED) is 0.456. The number of hydrogen-bond donors (Lipinski definition) is 0. The lowest BCUT2D eigenvalue weighted by Gasteiger charge is -2.04. The van der Waals surface area contributed by atoms with Crippen LogP contribution in [0.3, 0.4) is 0 Å². The van der Waals surface area contributed by atoms with E-state index in [1.54, 1.807) is 6.34 Å². The van der Waals surface area contributed by atoms with E-state index < -0.39 is 0 Å². The monoisotopic (exact) mass is 242 g/mol. The molecule has 0 fully saturated rings. The smallest absolute Gasteiger partial charge is 0.0988 e. The highest BCUT2D eigenvalue weighted by molar-refractivity contribution is 7.98. The van der Waals surface area contributed by atoms with E-state index in [1.165, 1.54) is 17.5 Å². The summed E-state index contributed by atoms with van der Waals surface area (Å²) < 4.78 is 4.21. The standard InChI is InChI=1S/C11H15ClN2S/c1-4-9-5-6-10(12)11(7-9)15-13-8-14(2)3/h5-8H,4H2,1-3H3/b13-8+. The van der Waals surface area contributed by atoms with Crippen molar-refractivity contribution in [3.8, 4) is 0 Å². The van der Waals surface area contributed by atoms with Crippen LogP contribution in [0.15, 0.2) is 27.5 Å². The van der Waals surface area contributed by atoms with E-state index in [-0.39, 0.29) is 0 Å². The molecule has 0 amide bonds. The van der Waals surface area contributed by atoms with Crippen molar-refractivity contribution in [2.45, 2.75) is 18.2 Å². The molecule has 0 aliphatic heterocycles. The van der Waals surface area contributed by atoms with E-state index in [0.29, 0.717) is 0 Å². The maximum absolute atomic E-state index is 6.06. The summed E-state index contributed by atoms with van der Waals surface area (Å²) in [5.74, 6) is 0. The number of nitrogens with zero attached hydrogens (tertiary/aromatic N) is 2. The zero-order chi connectivity index (χ0) is 11.3. The van der Waals surface area contributed by atoms with Crippen molar-refractivity contribution in [3.05, 3.63) is 28.8 Å². The fraction of sp³-hybridized carbons (Fsp3) is 0.364. The van der Waals surface area contributed by atoms with Gasteiger partial charge in [0.15, 0.2) is 0 Å². The fourth-order valence-corrected chi connectivity index (χ4v) is 1.94. The summed E-state index contributed by atoms with van der Waals surface area (Å²) in [7, 11) is 3.88. The second-order valence-electron chi connectivity index (χ2n) is 3.39. The zero-order valence-electron chi connectivity index (χ0n) is 9.20. The molecule has 82 valence electrons. The Balaban J connectivity index is 2.75. The molecule has 1 aromatic rings. The van der Waals surface area contributed by atoms with Crippen LogP contribution in [0.25, 0.3) is 0 Å². The molecule has 2 nitrogen and oxygen atoms in total. The molecular weight excluding hydrogens is 228 g/mol. The summed E-state index contributed by atoms with van der Waals surface area (Å²) in [6.45, 7) is 2.13. The van der Waals surface area contributed by atoms with Gasteiger partial charge < -0.3 is 4.90 Å². The molecule has 15 heavy (non-hydrogen) atoms. The molecule has 0 bridgehead atoms. The highest BCUT2D eigenvalue weighted by atomic mass is 35.5. The maximum atomic E-state index is 6.06. The molecule has 0 unspecified atom stereocenters. The Hall–Kier alpha value is -0.670. The normalized spacial score (nSPS) is 10.9. The van der Waals surface area contributed by atoms with Gasteiger partial charge in [-0.25, -0.2) is 4.40 Å². The molecule has 0 atom stereocenters. The van der Waals surface area contributed by atoms with Gasteiger partial charge in [0.25, 0.3) is 0 Å².